The van der Waals surface area contributed by atoms with E-state index < -0.39 is 34.0 Å². The molecule has 2 saturated carbocycles. The molecule has 4 aromatic heterocycles. The molecule has 2 aliphatic rings. The molecule has 0 radical (unpaired) electrons. The molecule has 1 unspecified atom stereocenters. The summed E-state index contributed by atoms with van der Waals surface area (Å²) in [6, 6.07) is 4.16. The summed E-state index contributed by atoms with van der Waals surface area (Å²) in [6.07, 6.45) is 4.80. The minimum absolute atomic E-state index is 0.140. The molecule has 40 heavy (non-hydrogen) atoms. The van der Waals surface area contributed by atoms with Crippen LogP contribution in [0.25, 0.3) is 20.8 Å². The zero-order valence-corrected chi connectivity index (χ0v) is 23.8. The average molecular weight is 582 g/mol. The summed E-state index contributed by atoms with van der Waals surface area (Å²) in [5.74, 6) is 0.612. The maximum atomic E-state index is 13.0. The summed E-state index contributed by atoms with van der Waals surface area (Å²) in [6.45, 7) is 4.59. The Bertz CT molecular complexity index is 1640. The molecule has 0 spiro atoms. The molecule has 2 fully saturated rings. The minimum Gasteiger partial charge on any atom is -0.390 e. The third kappa shape index (κ3) is 5.38. The van der Waals surface area contributed by atoms with Gasteiger partial charge in [0.2, 0.25) is 5.95 Å². The van der Waals surface area contributed by atoms with Crippen LogP contribution in [0.1, 0.15) is 30.7 Å². The van der Waals surface area contributed by atoms with E-state index in [9.17, 15) is 18.6 Å². The van der Waals surface area contributed by atoms with Gasteiger partial charge in [0.25, 0.3) is 0 Å². The van der Waals surface area contributed by atoms with Gasteiger partial charge in [-0.05, 0) is 57.2 Å². The van der Waals surface area contributed by atoms with E-state index in [0.717, 1.165) is 22.5 Å². The topological polar surface area (TPSA) is 163 Å². The molecule has 4 N–H and O–H groups in total. The van der Waals surface area contributed by atoms with E-state index in [1.165, 1.54) is 48.7 Å². The van der Waals surface area contributed by atoms with Gasteiger partial charge in [0, 0.05) is 31.1 Å². The lowest BCUT2D eigenvalue weighted by Crippen LogP contribution is -2.36. The number of nitrogens with one attached hydrogen (secondary N) is 2. The number of hydrogen-bond donors (Lipinski definition) is 4. The first kappa shape index (κ1) is 26.9. The maximum absolute atomic E-state index is 13.0. The number of pyridine rings is 2. The highest BCUT2D eigenvalue weighted by Gasteiger charge is 2.44. The molecule has 210 valence electrons. The predicted octanol–water partition coefficient (Wildman–Crippen LogP) is 2.98. The van der Waals surface area contributed by atoms with Gasteiger partial charge >= 0.3 is 0 Å². The molecule has 2 aliphatic carbocycles. The second-order valence-electron chi connectivity index (χ2n) is 10.6. The smallest absolute Gasteiger partial charge is 0.224 e. The second kappa shape index (κ2) is 10.6. The Hall–Kier alpha value is -3.26. The van der Waals surface area contributed by atoms with Crippen molar-refractivity contribution >= 4 is 43.2 Å². The predicted molar refractivity (Wildman–Crippen MR) is 153 cm³/mol. The van der Waals surface area contributed by atoms with Crippen molar-refractivity contribution in [2.45, 2.75) is 56.3 Å². The van der Waals surface area contributed by atoms with Crippen LogP contribution < -0.4 is 10.6 Å². The maximum Gasteiger partial charge on any atom is 0.224 e. The number of thiazole rings is 1. The molecular formula is C27H31N7O4S2. The molecule has 4 heterocycles. The van der Waals surface area contributed by atoms with Gasteiger partial charge in [0.05, 0.1) is 44.4 Å². The van der Waals surface area contributed by atoms with Gasteiger partial charge in [-0.25, -0.2) is 18.4 Å². The summed E-state index contributed by atoms with van der Waals surface area (Å²) >= 11 is 1.50. The molecule has 0 saturated heterocycles. The van der Waals surface area contributed by atoms with Crippen LogP contribution in [0.5, 0.6) is 0 Å². The first-order chi connectivity index (χ1) is 19.2. The number of aliphatic hydroxyl groups excluding tert-OH is 2. The van der Waals surface area contributed by atoms with Gasteiger partial charge in [0.15, 0.2) is 9.84 Å². The number of aliphatic hydroxyl groups is 2. The average Bonchev–Trinajstić information content (AvgIpc) is 3.61. The van der Waals surface area contributed by atoms with E-state index in [-0.39, 0.29) is 17.1 Å². The Labute approximate surface area is 236 Å². The van der Waals surface area contributed by atoms with Crippen LogP contribution in [-0.2, 0) is 9.84 Å². The number of aryl methyl sites for hydroxylation is 2. The Morgan fingerprint density at radius 3 is 2.50 bits per heavy atom. The lowest BCUT2D eigenvalue weighted by Gasteiger charge is -2.21. The summed E-state index contributed by atoms with van der Waals surface area (Å²) in [4.78, 5) is 22.7. The summed E-state index contributed by atoms with van der Waals surface area (Å²) in [7, 11) is -3.68. The molecule has 6 rings (SSSR count). The van der Waals surface area contributed by atoms with E-state index in [1.807, 2.05) is 19.9 Å². The van der Waals surface area contributed by atoms with Crippen molar-refractivity contribution < 1.29 is 18.6 Å². The molecule has 0 bridgehead atoms. The normalized spacial score (nSPS) is 23.0. The summed E-state index contributed by atoms with van der Waals surface area (Å²) < 4.78 is 27.0. The first-order valence-corrected chi connectivity index (χ1v) is 15.8. The van der Waals surface area contributed by atoms with Crippen molar-refractivity contribution in [2.75, 3.05) is 22.9 Å². The van der Waals surface area contributed by atoms with Crippen LogP contribution in [0, 0.1) is 25.7 Å². The quantitative estimate of drug-likeness (QED) is 0.230. The third-order valence-electron chi connectivity index (χ3n) is 7.61. The first-order valence-electron chi connectivity index (χ1n) is 13.3. The minimum atomic E-state index is -3.68. The van der Waals surface area contributed by atoms with Crippen LogP contribution >= 0.6 is 11.3 Å². The monoisotopic (exact) mass is 581 g/mol. The van der Waals surface area contributed by atoms with E-state index in [0.29, 0.717) is 33.9 Å². The van der Waals surface area contributed by atoms with Crippen molar-refractivity contribution in [3.8, 4) is 10.6 Å². The highest BCUT2D eigenvalue weighted by atomic mass is 32.2. The van der Waals surface area contributed by atoms with Crippen molar-refractivity contribution in [1.29, 1.82) is 0 Å². The Morgan fingerprint density at radius 2 is 1.77 bits per heavy atom. The highest BCUT2D eigenvalue weighted by molar-refractivity contribution is 7.91. The molecule has 0 amide bonds. The largest absolute Gasteiger partial charge is 0.390 e. The number of hydrogen-bond acceptors (Lipinski definition) is 12. The lowest BCUT2D eigenvalue weighted by molar-refractivity contribution is 0.0216. The van der Waals surface area contributed by atoms with Crippen molar-refractivity contribution in [1.82, 2.24) is 24.9 Å². The van der Waals surface area contributed by atoms with Gasteiger partial charge < -0.3 is 20.8 Å². The van der Waals surface area contributed by atoms with Gasteiger partial charge in [0.1, 0.15) is 22.4 Å². The van der Waals surface area contributed by atoms with Crippen molar-refractivity contribution in [3.63, 3.8) is 0 Å². The van der Waals surface area contributed by atoms with Crippen LogP contribution in [0.4, 0.5) is 11.8 Å². The third-order valence-corrected chi connectivity index (χ3v) is 10.5. The van der Waals surface area contributed by atoms with E-state index in [1.54, 1.807) is 6.20 Å². The molecule has 4 atom stereocenters. The Morgan fingerprint density at radius 1 is 1.00 bits per heavy atom. The molecule has 4 aromatic rings. The van der Waals surface area contributed by atoms with Gasteiger partial charge in [-0.3, -0.25) is 9.97 Å². The second-order valence-corrected chi connectivity index (χ2v) is 13.7. The van der Waals surface area contributed by atoms with Crippen molar-refractivity contribution in [3.05, 3.63) is 48.2 Å². The lowest BCUT2D eigenvalue weighted by atomic mass is 10.1. The highest BCUT2D eigenvalue weighted by Crippen LogP contribution is 2.39. The number of nitrogens with zero attached hydrogens (tertiary/aromatic N) is 5. The zero-order valence-electron chi connectivity index (χ0n) is 22.1. The Kier molecular flexibility index (Phi) is 7.15. The van der Waals surface area contributed by atoms with E-state index in [4.69, 9.17) is 15.0 Å². The fraction of sp³-hybridized carbons (Fsp3) is 0.444. The van der Waals surface area contributed by atoms with Crippen LogP contribution in [0.3, 0.4) is 0 Å². The molecule has 0 aromatic carbocycles. The molecule has 0 aliphatic heterocycles. The van der Waals surface area contributed by atoms with Crippen LogP contribution in [-0.4, -0.2) is 74.1 Å². The fourth-order valence-electron chi connectivity index (χ4n) is 5.19. The van der Waals surface area contributed by atoms with E-state index in [2.05, 4.69) is 20.6 Å². The van der Waals surface area contributed by atoms with Gasteiger partial charge in [-0.15, -0.1) is 11.3 Å². The van der Waals surface area contributed by atoms with Crippen LogP contribution in [0.2, 0.25) is 0 Å². The fourth-order valence-corrected chi connectivity index (χ4v) is 7.93. The van der Waals surface area contributed by atoms with E-state index >= 15 is 0 Å². The Balaban J connectivity index is 1.31. The number of rotatable bonds is 9. The molecule has 11 nitrogen and oxygen atoms in total. The summed E-state index contributed by atoms with van der Waals surface area (Å²) in [5.41, 5.74) is 3.04. The van der Waals surface area contributed by atoms with Crippen LogP contribution in [0.15, 0.2) is 41.7 Å². The molecule has 13 heteroatoms. The number of anilines is 2. The van der Waals surface area contributed by atoms with Crippen molar-refractivity contribution in [2.24, 2.45) is 11.8 Å². The van der Waals surface area contributed by atoms with Gasteiger partial charge in [-0.2, -0.15) is 4.98 Å². The van der Waals surface area contributed by atoms with Gasteiger partial charge in [-0.1, -0.05) is 0 Å². The summed E-state index contributed by atoms with van der Waals surface area (Å²) in [5, 5.41) is 29.2. The standard InChI is InChI=1S/C27H31N7O4S2/c1-14-21(26-33-22-15(2)29-10-7-20(22)39-26)25(34-27(31-14)30-12-16-3-4-16)32-19-11-17(23(35)24(19)36)13-40(37,38)18-5-8-28-9-6-18/h5-10,16-17,19,23-24,35-36H,3-4,11-13H2,1-2H3,(H2,30,31,32,34)/t17-,19?,23-,24+/m1/s1. The number of sulfone groups is 1. The SMILES string of the molecule is Cc1nc(NCC2CC2)nc(NC2C[C@H](CS(=O)(=O)c3ccncc3)[C@@H](O)[C@H]2O)c1-c1nc2c(C)nccc2s1. The number of fused-ring (bicyclic) bond motifs is 1. The zero-order chi connectivity index (χ0) is 28.0. The number of aromatic nitrogens is 5. The molecular weight excluding hydrogens is 550 g/mol.